The van der Waals surface area contributed by atoms with Crippen molar-refractivity contribution >= 4 is 34.1 Å². The van der Waals surface area contributed by atoms with Crippen LogP contribution in [0.3, 0.4) is 0 Å². The molecule has 4 rings (SSSR count). The lowest BCUT2D eigenvalue weighted by molar-refractivity contribution is 0.0945. The van der Waals surface area contributed by atoms with Crippen LogP contribution in [0.15, 0.2) is 30.5 Å². The molecule has 5 nitrogen and oxygen atoms in total. The molecule has 120 valence electrons. The van der Waals surface area contributed by atoms with Gasteiger partial charge in [0.2, 0.25) is 0 Å². The van der Waals surface area contributed by atoms with Crippen LogP contribution in [0, 0.1) is 11.8 Å². The van der Waals surface area contributed by atoms with Gasteiger partial charge in [-0.1, -0.05) is 24.6 Å². The van der Waals surface area contributed by atoms with E-state index >= 15 is 0 Å². The summed E-state index contributed by atoms with van der Waals surface area (Å²) in [7, 11) is 0. The van der Waals surface area contributed by atoms with Gasteiger partial charge in [0, 0.05) is 23.1 Å². The minimum absolute atomic E-state index is 0.195. The Labute approximate surface area is 140 Å². The zero-order valence-corrected chi connectivity index (χ0v) is 13.6. The number of nitrogens with one attached hydrogen (secondary N) is 4. The second kappa shape index (κ2) is 5.85. The highest BCUT2D eigenvalue weighted by molar-refractivity contribution is 7.80. The second-order valence-corrected chi connectivity index (χ2v) is 6.99. The first-order valence-electron chi connectivity index (χ1n) is 8.13. The summed E-state index contributed by atoms with van der Waals surface area (Å²) in [6, 6.07) is 8.18. The topological polar surface area (TPSA) is 69.0 Å². The Morgan fingerprint density at radius 2 is 2.04 bits per heavy atom. The minimum Gasteiger partial charge on any atom is -0.360 e. The molecule has 2 saturated carbocycles. The number of carbonyl (C=O) groups is 1. The monoisotopic (exact) mass is 328 g/mol. The number of hydrazine groups is 1. The molecule has 1 amide bonds. The number of fused-ring (bicyclic) bond motifs is 3. The summed E-state index contributed by atoms with van der Waals surface area (Å²) in [5, 5.41) is 4.74. The SMILES string of the molecule is O=C(NNC(=S)NC1CC2CCC1C2)c1c[nH]c2ccccc12. The first kappa shape index (κ1) is 14.5. The number of hydrogen-bond acceptors (Lipinski definition) is 2. The molecule has 2 fully saturated rings. The maximum atomic E-state index is 12.3. The van der Waals surface area contributed by atoms with E-state index < -0.39 is 0 Å². The number of hydrogen-bond donors (Lipinski definition) is 4. The third kappa shape index (κ3) is 2.79. The molecule has 2 aliphatic carbocycles. The number of carbonyl (C=O) groups excluding carboxylic acids is 1. The summed E-state index contributed by atoms with van der Waals surface area (Å²) in [5.41, 5.74) is 7.06. The standard InChI is InChI=1S/C17H20N4OS/c22-16(13-9-18-14-4-2-1-3-12(13)14)20-21-17(23)19-15-8-10-5-6-11(15)7-10/h1-4,9-11,15,18H,5-8H2,(H,20,22)(H2,19,21,23). The zero-order valence-electron chi connectivity index (χ0n) is 12.8. The molecule has 23 heavy (non-hydrogen) atoms. The third-order valence-corrected chi connectivity index (χ3v) is 5.40. The Kier molecular flexibility index (Phi) is 3.69. The van der Waals surface area contributed by atoms with Gasteiger partial charge in [-0.2, -0.15) is 0 Å². The average Bonchev–Trinajstić information content (AvgIpc) is 3.27. The van der Waals surface area contributed by atoms with Crippen LogP contribution in [0.25, 0.3) is 10.9 Å². The molecule has 0 radical (unpaired) electrons. The van der Waals surface area contributed by atoms with Crippen molar-refractivity contribution in [3.8, 4) is 0 Å². The molecule has 2 aliphatic rings. The summed E-state index contributed by atoms with van der Waals surface area (Å²) < 4.78 is 0. The van der Waals surface area contributed by atoms with Gasteiger partial charge < -0.3 is 10.3 Å². The lowest BCUT2D eigenvalue weighted by atomic mass is 9.96. The highest BCUT2D eigenvalue weighted by atomic mass is 32.1. The zero-order chi connectivity index (χ0) is 15.8. The van der Waals surface area contributed by atoms with E-state index in [0.29, 0.717) is 16.7 Å². The number of aromatic nitrogens is 1. The van der Waals surface area contributed by atoms with Crippen molar-refractivity contribution in [1.82, 2.24) is 21.2 Å². The van der Waals surface area contributed by atoms with E-state index in [1.807, 2.05) is 24.3 Å². The van der Waals surface area contributed by atoms with E-state index in [2.05, 4.69) is 21.2 Å². The van der Waals surface area contributed by atoms with Crippen molar-refractivity contribution in [2.24, 2.45) is 11.8 Å². The molecule has 2 bridgehead atoms. The fourth-order valence-electron chi connectivity index (χ4n) is 4.07. The molecule has 1 heterocycles. The molecule has 3 unspecified atom stereocenters. The predicted molar refractivity (Wildman–Crippen MR) is 93.9 cm³/mol. The number of benzene rings is 1. The number of para-hydroxylation sites is 1. The molecule has 0 aliphatic heterocycles. The maximum absolute atomic E-state index is 12.3. The molecule has 2 aromatic rings. The molecule has 0 spiro atoms. The largest absolute Gasteiger partial charge is 0.360 e. The van der Waals surface area contributed by atoms with Gasteiger partial charge in [0.25, 0.3) is 5.91 Å². The molecule has 4 N–H and O–H groups in total. The Hall–Kier alpha value is -2.08. The Balaban J connectivity index is 1.33. The first-order valence-corrected chi connectivity index (χ1v) is 8.54. The average molecular weight is 328 g/mol. The highest BCUT2D eigenvalue weighted by Crippen LogP contribution is 2.44. The van der Waals surface area contributed by atoms with Gasteiger partial charge in [-0.15, -0.1) is 0 Å². The van der Waals surface area contributed by atoms with Gasteiger partial charge in [-0.05, 0) is 49.4 Å². The first-order chi connectivity index (χ1) is 11.2. The minimum atomic E-state index is -0.195. The van der Waals surface area contributed by atoms with Crippen LogP contribution in [0.4, 0.5) is 0 Å². The Bertz CT molecular complexity index is 756. The van der Waals surface area contributed by atoms with E-state index in [-0.39, 0.29) is 5.91 Å². The summed E-state index contributed by atoms with van der Waals surface area (Å²) in [4.78, 5) is 15.4. The summed E-state index contributed by atoms with van der Waals surface area (Å²) in [6.45, 7) is 0. The van der Waals surface area contributed by atoms with Crippen molar-refractivity contribution in [2.45, 2.75) is 31.7 Å². The van der Waals surface area contributed by atoms with Gasteiger partial charge in [0.05, 0.1) is 5.56 Å². The van der Waals surface area contributed by atoms with E-state index in [1.165, 1.54) is 25.7 Å². The second-order valence-electron chi connectivity index (χ2n) is 6.58. The van der Waals surface area contributed by atoms with Crippen LogP contribution < -0.4 is 16.2 Å². The van der Waals surface area contributed by atoms with Gasteiger partial charge in [-0.25, -0.2) is 0 Å². The number of aromatic amines is 1. The van der Waals surface area contributed by atoms with Crippen LogP contribution in [0.1, 0.15) is 36.0 Å². The molecule has 3 atom stereocenters. The van der Waals surface area contributed by atoms with E-state index in [4.69, 9.17) is 12.2 Å². The fraction of sp³-hybridized carbons (Fsp3) is 0.412. The molecule has 6 heteroatoms. The molecular formula is C17H20N4OS. The van der Waals surface area contributed by atoms with Crippen LogP contribution in [-0.4, -0.2) is 22.0 Å². The molecule has 0 saturated heterocycles. The normalized spacial score (nSPS) is 25.5. The summed E-state index contributed by atoms with van der Waals surface area (Å²) in [6.07, 6.45) is 6.89. The summed E-state index contributed by atoms with van der Waals surface area (Å²) >= 11 is 5.31. The third-order valence-electron chi connectivity index (χ3n) is 5.18. The van der Waals surface area contributed by atoms with Crippen molar-refractivity contribution in [3.05, 3.63) is 36.0 Å². The number of H-pyrrole nitrogens is 1. The van der Waals surface area contributed by atoms with E-state index in [1.54, 1.807) is 6.20 Å². The van der Waals surface area contributed by atoms with Crippen LogP contribution >= 0.6 is 12.2 Å². The van der Waals surface area contributed by atoms with Crippen molar-refractivity contribution in [1.29, 1.82) is 0 Å². The van der Waals surface area contributed by atoms with Gasteiger partial charge >= 0.3 is 0 Å². The quantitative estimate of drug-likeness (QED) is 0.505. The van der Waals surface area contributed by atoms with Crippen molar-refractivity contribution in [3.63, 3.8) is 0 Å². The smallest absolute Gasteiger partial charge is 0.271 e. The number of rotatable bonds is 2. The molecule has 1 aromatic heterocycles. The molecular weight excluding hydrogens is 308 g/mol. The van der Waals surface area contributed by atoms with Crippen LogP contribution in [-0.2, 0) is 0 Å². The highest BCUT2D eigenvalue weighted by Gasteiger charge is 2.39. The summed E-state index contributed by atoms with van der Waals surface area (Å²) in [5.74, 6) is 1.41. The Morgan fingerprint density at radius 1 is 1.17 bits per heavy atom. The van der Waals surface area contributed by atoms with E-state index in [9.17, 15) is 4.79 Å². The van der Waals surface area contributed by atoms with E-state index in [0.717, 1.165) is 22.7 Å². The van der Waals surface area contributed by atoms with Crippen molar-refractivity contribution < 1.29 is 4.79 Å². The van der Waals surface area contributed by atoms with Gasteiger partial charge in [0.15, 0.2) is 5.11 Å². The lowest BCUT2D eigenvalue weighted by Gasteiger charge is -2.24. The van der Waals surface area contributed by atoms with Crippen LogP contribution in [0.2, 0.25) is 0 Å². The van der Waals surface area contributed by atoms with Crippen molar-refractivity contribution in [2.75, 3.05) is 0 Å². The lowest BCUT2D eigenvalue weighted by Crippen LogP contribution is -2.50. The molecule has 1 aromatic carbocycles. The maximum Gasteiger partial charge on any atom is 0.271 e. The van der Waals surface area contributed by atoms with Crippen LogP contribution in [0.5, 0.6) is 0 Å². The Morgan fingerprint density at radius 3 is 2.83 bits per heavy atom. The fourth-order valence-corrected chi connectivity index (χ4v) is 4.27. The van der Waals surface area contributed by atoms with Gasteiger partial charge in [-0.3, -0.25) is 15.6 Å². The predicted octanol–water partition coefficient (Wildman–Crippen LogP) is 2.47. The number of amides is 1. The number of thiocarbonyl (C=S) groups is 1. The van der Waals surface area contributed by atoms with Gasteiger partial charge in [0.1, 0.15) is 0 Å².